The number of para-hydroxylation sites is 2. The van der Waals surface area contributed by atoms with Gasteiger partial charge >= 0.3 is 0 Å². The Morgan fingerprint density at radius 3 is 2.28 bits per heavy atom. The number of nitrogens with zero attached hydrogens (tertiary/aromatic N) is 1. The minimum atomic E-state index is 0.637. The van der Waals surface area contributed by atoms with E-state index in [1.165, 1.54) is 0 Å². The van der Waals surface area contributed by atoms with Gasteiger partial charge in [-0.05, 0) is 41.3 Å². The molecule has 3 heteroatoms. The van der Waals surface area contributed by atoms with Crippen molar-refractivity contribution >= 4 is 43.8 Å². The van der Waals surface area contributed by atoms with Crippen LogP contribution in [0.3, 0.4) is 0 Å². The molecule has 0 saturated heterocycles. The highest BCUT2D eigenvalue weighted by atomic mass is 16.3. The van der Waals surface area contributed by atoms with Crippen molar-refractivity contribution in [2.24, 2.45) is 0 Å². The molecular formula is C29H17NO2. The molecule has 0 radical (unpaired) electrons. The predicted molar refractivity (Wildman–Crippen MR) is 130 cm³/mol. The first-order valence-electron chi connectivity index (χ1n) is 10.6. The number of hydrogen-bond donors (Lipinski definition) is 0. The normalized spacial score (nSPS) is 11.8. The summed E-state index contributed by atoms with van der Waals surface area (Å²) in [6, 6.07) is 35.1. The summed E-state index contributed by atoms with van der Waals surface area (Å²) in [6.07, 6.45) is 0. The molecule has 0 aliphatic rings. The fraction of sp³-hybridized carbons (Fsp3) is 0. The van der Waals surface area contributed by atoms with Gasteiger partial charge in [0.1, 0.15) is 16.7 Å². The van der Waals surface area contributed by atoms with E-state index in [0.717, 1.165) is 60.5 Å². The zero-order valence-electron chi connectivity index (χ0n) is 17.1. The van der Waals surface area contributed by atoms with Crippen molar-refractivity contribution in [3.8, 4) is 22.6 Å². The molecule has 0 spiro atoms. The molecule has 0 saturated carbocycles. The third kappa shape index (κ3) is 2.51. The summed E-state index contributed by atoms with van der Waals surface area (Å²) in [5.74, 6) is 0.637. The van der Waals surface area contributed by atoms with Crippen LogP contribution in [0.4, 0.5) is 0 Å². The van der Waals surface area contributed by atoms with Crippen LogP contribution in [-0.2, 0) is 0 Å². The zero-order chi connectivity index (χ0) is 21.1. The van der Waals surface area contributed by atoms with E-state index < -0.39 is 0 Å². The van der Waals surface area contributed by atoms with E-state index in [1.807, 2.05) is 54.6 Å². The van der Waals surface area contributed by atoms with Crippen LogP contribution in [0.5, 0.6) is 0 Å². The van der Waals surface area contributed by atoms with Crippen LogP contribution in [0.2, 0.25) is 0 Å². The number of fused-ring (bicyclic) bond motifs is 6. The van der Waals surface area contributed by atoms with Crippen LogP contribution in [0.1, 0.15) is 0 Å². The number of rotatable bonds is 2. The van der Waals surface area contributed by atoms with E-state index in [4.69, 9.17) is 13.8 Å². The molecule has 0 aliphatic carbocycles. The van der Waals surface area contributed by atoms with Crippen molar-refractivity contribution in [2.75, 3.05) is 0 Å². The first-order chi connectivity index (χ1) is 15.8. The molecule has 2 heterocycles. The van der Waals surface area contributed by atoms with Crippen LogP contribution >= 0.6 is 0 Å². The quantitative estimate of drug-likeness (QED) is 0.288. The molecule has 7 aromatic rings. The van der Waals surface area contributed by atoms with Crippen LogP contribution in [0.25, 0.3) is 66.4 Å². The van der Waals surface area contributed by atoms with E-state index in [1.54, 1.807) is 0 Å². The lowest BCUT2D eigenvalue weighted by molar-refractivity contribution is 0.623. The summed E-state index contributed by atoms with van der Waals surface area (Å²) < 4.78 is 12.5. The van der Waals surface area contributed by atoms with Gasteiger partial charge in [0.15, 0.2) is 5.58 Å². The summed E-state index contributed by atoms with van der Waals surface area (Å²) in [6.45, 7) is 0. The largest absolute Gasteiger partial charge is 0.455 e. The van der Waals surface area contributed by atoms with Crippen molar-refractivity contribution < 1.29 is 8.83 Å². The Hall–Kier alpha value is -4.37. The number of oxazole rings is 1. The third-order valence-corrected chi connectivity index (χ3v) is 6.11. The van der Waals surface area contributed by atoms with E-state index in [0.29, 0.717) is 5.89 Å². The lowest BCUT2D eigenvalue weighted by atomic mass is 9.99. The highest BCUT2D eigenvalue weighted by Gasteiger charge is 2.15. The lowest BCUT2D eigenvalue weighted by Gasteiger charge is -2.05. The van der Waals surface area contributed by atoms with Crippen molar-refractivity contribution in [3.05, 3.63) is 103 Å². The molecule has 0 amide bonds. The average Bonchev–Trinajstić information content (AvgIpc) is 3.46. The van der Waals surface area contributed by atoms with Crippen molar-refractivity contribution in [1.82, 2.24) is 4.98 Å². The number of benzene rings is 5. The Labute approximate surface area is 183 Å². The van der Waals surface area contributed by atoms with Crippen LogP contribution in [0, 0.1) is 0 Å². The maximum absolute atomic E-state index is 6.26. The second kappa shape index (κ2) is 6.56. The Balaban J connectivity index is 1.47. The minimum Gasteiger partial charge on any atom is -0.455 e. The molecule has 150 valence electrons. The minimum absolute atomic E-state index is 0.637. The summed E-state index contributed by atoms with van der Waals surface area (Å²) >= 11 is 0. The van der Waals surface area contributed by atoms with E-state index in [2.05, 4.69) is 48.5 Å². The van der Waals surface area contributed by atoms with Crippen molar-refractivity contribution in [1.29, 1.82) is 0 Å². The Morgan fingerprint density at radius 1 is 0.531 bits per heavy atom. The number of furan rings is 1. The fourth-order valence-corrected chi connectivity index (χ4v) is 4.55. The molecule has 0 unspecified atom stereocenters. The maximum Gasteiger partial charge on any atom is 0.227 e. The van der Waals surface area contributed by atoms with E-state index in [-0.39, 0.29) is 0 Å². The summed E-state index contributed by atoms with van der Waals surface area (Å²) in [4.78, 5) is 4.73. The first kappa shape index (κ1) is 17.3. The molecule has 5 aromatic carbocycles. The van der Waals surface area contributed by atoms with Gasteiger partial charge < -0.3 is 8.83 Å². The van der Waals surface area contributed by atoms with Gasteiger partial charge in [0.25, 0.3) is 0 Å². The van der Waals surface area contributed by atoms with Crippen molar-refractivity contribution in [3.63, 3.8) is 0 Å². The Bertz CT molecular complexity index is 1770. The third-order valence-electron chi connectivity index (χ3n) is 6.11. The van der Waals surface area contributed by atoms with Gasteiger partial charge in [-0.3, -0.25) is 0 Å². The van der Waals surface area contributed by atoms with E-state index >= 15 is 0 Å². The van der Waals surface area contributed by atoms with Crippen LogP contribution in [-0.4, -0.2) is 4.98 Å². The monoisotopic (exact) mass is 411 g/mol. The van der Waals surface area contributed by atoms with Gasteiger partial charge in [-0.2, -0.15) is 0 Å². The smallest absolute Gasteiger partial charge is 0.227 e. The molecule has 32 heavy (non-hydrogen) atoms. The number of aromatic nitrogens is 1. The Morgan fingerprint density at radius 2 is 1.34 bits per heavy atom. The van der Waals surface area contributed by atoms with Gasteiger partial charge in [0, 0.05) is 27.3 Å². The van der Waals surface area contributed by atoms with Gasteiger partial charge in [-0.25, -0.2) is 4.98 Å². The van der Waals surface area contributed by atoms with Crippen LogP contribution < -0.4 is 0 Å². The SMILES string of the molecule is c1ccc(-c2nc3ccc4ccc(-c5cccc6c5oc5ccccc56)cc4c3o2)cc1. The van der Waals surface area contributed by atoms with Gasteiger partial charge in [-0.1, -0.05) is 72.8 Å². The van der Waals surface area contributed by atoms with Gasteiger partial charge in [0.2, 0.25) is 5.89 Å². The van der Waals surface area contributed by atoms with Gasteiger partial charge in [-0.15, -0.1) is 0 Å². The Kier molecular flexibility index (Phi) is 3.55. The topological polar surface area (TPSA) is 39.2 Å². The highest BCUT2D eigenvalue weighted by molar-refractivity contribution is 6.11. The molecule has 0 N–H and O–H groups in total. The predicted octanol–water partition coefficient (Wildman–Crippen LogP) is 8.21. The molecule has 0 bridgehead atoms. The molecule has 0 atom stereocenters. The molecular weight excluding hydrogens is 394 g/mol. The average molecular weight is 411 g/mol. The second-order valence-electron chi connectivity index (χ2n) is 8.02. The van der Waals surface area contributed by atoms with E-state index in [9.17, 15) is 0 Å². The molecule has 7 rings (SSSR count). The summed E-state index contributed by atoms with van der Waals surface area (Å²) in [5.41, 5.74) is 6.60. The van der Waals surface area contributed by atoms with Crippen molar-refractivity contribution in [2.45, 2.75) is 0 Å². The molecule has 3 nitrogen and oxygen atoms in total. The molecule has 0 aliphatic heterocycles. The first-order valence-corrected chi connectivity index (χ1v) is 10.6. The van der Waals surface area contributed by atoms with Crippen LogP contribution in [0.15, 0.2) is 112 Å². The standard InChI is InChI=1S/C29H17NO2/c1-2-7-19(8-3-1)29-30-25-16-15-18-13-14-20(17-24(18)28(25)32-29)21-10-6-11-23-22-9-4-5-12-26(22)31-27(21)23/h1-17H. The van der Waals surface area contributed by atoms with Gasteiger partial charge in [0.05, 0.1) is 0 Å². The maximum atomic E-state index is 6.26. The second-order valence-corrected chi connectivity index (χ2v) is 8.02. The molecule has 2 aromatic heterocycles. The highest BCUT2D eigenvalue weighted by Crippen LogP contribution is 2.38. The summed E-state index contributed by atoms with van der Waals surface area (Å²) in [7, 11) is 0. The molecule has 0 fully saturated rings. The zero-order valence-corrected chi connectivity index (χ0v) is 17.1. The lowest BCUT2D eigenvalue weighted by Crippen LogP contribution is -1.81. The number of hydrogen-bond acceptors (Lipinski definition) is 3. The fourth-order valence-electron chi connectivity index (χ4n) is 4.55. The summed E-state index contributed by atoms with van der Waals surface area (Å²) in [5, 5.41) is 4.43.